The summed E-state index contributed by atoms with van der Waals surface area (Å²) in [7, 11) is 4.48. The molecule has 0 aliphatic carbocycles. The summed E-state index contributed by atoms with van der Waals surface area (Å²) in [5.74, 6) is -2.29. The van der Waals surface area contributed by atoms with Gasteiger partial charge in [0.2, 0.25) is 11.8 Å². The van der Waals surface area contributed by atoms with Gasteiger partial charge in [0.05, 0.1) is 74.2 Å². The number of aryl methyl sites for hydroxylation is 6. The molecule has 1 amide bonds. The van der Waals surface area contributed by atoms with Crippen LogP contribution in [0.1, 0.15) is 125 Å². The van der Waals surface area contributed by atoms with Crippen molar-refractivity contribution in [2.75, 3.05) is 45.1 Å². The van der Waals surface area contributed by atoms with E-state index in [0.717, 1.165) is 41.2 Å². The number of nitrogens with zero attached hydrogens (tertiary/aromatic N) is 13. The number of carbonyl (C=O) groups is 4. The Kier molecular flexibility index (Phi) is 31.4. The van der Waals surface area contributed by atoms with Gasteiger partial charge in [-0.05, 0) is 71.2 Å². The van der Waals surface area contributed by atoms with Gasteiger partial charge in [-0.3, -0.25) is 14.8 Å². The molecule has 0 unspecified atom stereocenters. The second-order valence-electron chi connectivity index (χ2n) is 18.4. The number of halogens is 1. The molecular weight excluding hydrogens is 1240 g/mol. The van der Waals surface area contributed by atoms with Crippen LogP contribution in [0.3, 0.4) is 0 Å². The molecule has 0 bridgehead atoms. The van der Waals surface area contributed by atoms with E-state index in [2.05, 4.69) is 88.1 Å². The molecule has 494 valence electrons. The minimum absolute atomic E-state index is 0.00247. The maximum atomic E-state index is 12.5. The first kappa shape index (κ1) is 74.5. The zero-order valence-corrected chi connectivity index (χ0v) is 53.2. The number of nitrogen functional groups attached to an aromatic ring is 3. The fourth-order valence-corrected chi connectivity index (χ4v) is 7.08. The third-order valence-electron chi connectivity index (χ3n) is 11.5. The quantitative estimate of drug-likeness (QED) is 0.0452. The van der Waals surface area contributed by atoms with E-state index in [4.69, 9.17) is 67.8 Å². The molecule has 93 heavy (non-hydrogen) atoms. The molecule has 0 saturated carbocycles. The van der Waals surface area contributed by atoms with Gasteiger partial charge in [-0.2, -0.15) is 0 Å². The molecule has 0 atom stereocenters. The van der Waals surface area contributed by atoms with E-state index in [1.807, 2.05) is 45.0 Å². The van der Waals surface area contributed by atoms with Crippen LogP contribution in [0.2, 0.25) is 5.15 Å². The Balaban J connectivity index is 0.000000245. The van der Waals surface area contributed by atoms with Gasteiger partial charge in [-0.15, -0.1) is 0 Å². The monoisotopic (exact) mass is 1310 g/mol. The second-order valence-corrected chi connectivity index (χ2v) is 18.8. The van der Waals surface area contributed by atoms with Crippen molar-refractivity contribution in [1.82, 2.24) is 70.1 Å². The van der Waals surface area contributed by atoms with Crippen molar-refractivity contribution in [1.29, 1.82) is 0 Å². The predicted octanol–water partition coefficient (Wildman–Crippen LogP) is 6.97. The molecule has 0 aliphatic rings. The molecule has 0 fully saturated rings. The summed E-state index contributed by atoms with van der Waals surface area (Å²) in [5, 5.41) is 20.2. The smallest absolute Gasteiger partial charge is 0.360 e. The van der Waals surface area contributed by atoms with Crippen LogP contribution >= 0.6 is 11.6 Å². The molecule has 11 N–H and O–H groups in total. The van der Waals surface area contributed by atoms with Crippen LogP contribution in [0.4, 0.5) is 17.5 Å². The van der Waals surface area contributed by atoms with E-state index in [1.54, 1.807) is 66.8 Å². The number of methoxy groups -OCH3 is 3. The number of nitrogens with one attached hydrogen (secondary N) is 1. The van der Waals surface area contributed by atoms with E-state index < -0.39 is 23.8 Å². The molecule has 10 aromatic rings. The largest absolute Gasteiger partial charge is 0.476 e. The van der Waals surface area contributed by atoms with Gasteiger partial charge >= 0.3 is 17.9 Å². The Labute approximate surface area is 537 Å². The van der Waals surface area contributed by atoms with Crippen molar-refractivity contribution in [2.45, 2.75) is 94.2 Å². The van der Waals surface area contributed by atoms with Gasteiger partial charge in [-0.1, -0.05) is 37.1 Å². The number of esters is 2. The summed E-state index contributed by atoms with van der Waals surface area (Å²) in [4.78, 5) is 97.1. The number of aliphatic hydroxyl groups is 1. The van der Waals surface area contributed by atoms with Crippen molar-refractivity contribution in [3.05, 3.63) is 177 Å². The lowest BCUT2D eigenvalue weighted by molar-refractivity contribution is 0.0518. The number of aromatic carboxylic acids is 1. The number of hydrogen-bond donors (Lipinski definition) is 7. The Morgan fingerprint density at radius 2 is 1.11 bits per heavy atom. The number of carboxylic acids is 1. The SMILES string of the molecule is CCCc1coc(-c2nc(N)c(C(=O)O)nc2C)n1.CCOC(=O)c1nc(C)c(Cl)nc1N.COC(=O)c1cocn1.COCc1coc(-c2nc(N)c(C(=O)NCc3ncccc3C)nc2C)n1.COCc1cocn1.Cc1cccnc1CN.OCc1cocn1. The number of aliphatic hydroxyl groups excluding tert-OH is 1. The number of hydrogen-bond acceptors (Lipinski definition) is 31. The van der Waals surface area contributed by atoms with Gasteiger partial charge < -0.3 is 79.5 Å². The molecule has 0 aliphatic heterocycles. The molecule has 0 radical (unpaired) electrons. The zero-order chi connectivity index (χ0) is 68.4. The van der Waals surface area contributed by atoms with E-state index in [0.29, 0.717) is 65.5 Å². The van der Waals surface area contributed by atoms with Crippen LogP contribution in [0.15, 0.2) is 109 Å². The average molecular weight is 1310 g/mol. The number of carboxylic acid groups (broad SMARTS) is 1. The van der Waals surface area contributed by atoms with Crippen molar-refractivity contribution in [3.63, 3.8) is 0 Å². The third-order valence-corrected chi connectivity index (χ3v) is 11.9. The lowest BCUT2D eigenvalue weighted by atomic mass is 10.2. The first-order chi connectivity index (χ1) is 44.6. The number of pyridine rings is 2. The van der Waals surface area contributed by atoms with Gasteiger partial charge in [0.1, 0.15) is 59.8 Å². The number of oxazole rings is 5. The van der Waals surface area contributed by atoms with Crippen molar-refractivity contribution >= 4 is 52.9 Å². The maximum absolute atomic E-state index is 12.5. The van der Waals surface area contributed by atoms with Crippen LogP contribution in [-0.4, -0.2) is 127 Å². The molecule has 10 heterocycles. The highest BCUT2D eigenvalue weighted by Crippen LogP contribution is 2.24. The fourth-order valence-electron chi connectivity index (χ4n) is 6.94. The van der Waals surface area contributed by atoms with Crippen LogP contribution < -0.4 is 28.3 Å². The highest BCUT2D eigenvalue weighted by atomic mass is 35.5. The highest BCUT2D eigenvalue weighted by molar-refractivity contribution is 6.30. The number of aromatic nitrogens is 13. The van der Waals surface area contributed by atoms with E-state index >= 15 is 0 Å². The number of nitrogens with two attached hydrogens (primary N) is 4. The second kappa shape index (κ2) is 39.2. The summed E-state index contributed by atoms with van der Waals surface area (Å²) in [6.45, 7) is 14.5. The summed E-state index contributed by atoms with van der Waals surface area (Å²) in [6, 6.07) is 7.69. The van der Waals surface area contributed by atoms with Gasteiger partial charge in [0.15, 0.2) is 64.6 Å². The lowest BCUT2D eigenvalue weighted by Gasteiger charge is -2.09. The predicted molar refractivity (Wildman–Crippen MR) is 332 cm³/mol. The molecule has 0 saturated heterocycles. The number of amides is 1. The summed E-state index contributed by atoms with van der Waals surface area (Å²) < 4.78 is 43.3. The molecule has 0 spiro atoms. The van der Waals surface area contributed by atoms with Crippen LogP contribution in [0.5, 0.6) is 0 Å². The van der Waals surface area contributed by atoms with Crippen LogP contribution in [0, 0.1) is 34.6 Å². The van der Waals surface area contributed by atoms with Gasteiger partial charge in [-0.25, -0.2) is 69.2 Å². The highest BCUT2D eigenvalue weighted by Gasteiger charge is 2.22. The zero-order valence-electron chi connectivity index (χ0n) is 52.4. The summed E-state index contributed by atoms with van der Waals surface area (Å²) in [5.41, 5.74) is 31.2. The van der Waals surface area contributed by atoms with E-state index in [9.17, 15) is 19.2 Å². The molecule has 10 rings (SSSR count). The molecule has 34 heteroatoms. The van der Waals surface area contributed by atoms with Crippen molar-refractivity contribution in [3.8, 4) is 23.2 Å². The van der Waals surface area contributed by atoms with Crippen LogP contribution in [-0.2, 0) is 58.3 Å². The number of anilines is 3. The first-order valence-electron chi connectivity index (χ1n) is 27.6. The average Bonchev–Trinajstić information content (AvgIpc) is 1.84. The molecule has 0 aromatic carbocycles. The number of carbonyl (C=O) groups excluding carboxylic acids is 3. The first-order valence-corrected chi connectivity index (χ1v) is 28.0. The van der Waals surface area contributed by atoms with E-state index in [1.165, 1.54) is 50.6 Å². The third kappa shape index (κ3) is 24.0. The molecule has 33 nitrogen and oxygen atoms in total. The van der Waals surface area contributed by atoms with Crippen molar-refractivity contribution < 1.29 is 70.4 Å². The minimum Gasteiger partial charge on any atom is -0.476 e. The summed E-state index contributed by atoms with van der Waals surface area (Å²) >= 11 is 5.66. The maximum Gasteiger partial charge on any atom is 0.360 e. The normalized spacial score (nSPS) is 10.1. The molecule has 10 aromatic heterocycles. The molecular formula is C59H71ClN18O15. The Bertz CT molecular complexity index is 3900. The Morgan fingerprint density at radius 1 is 0.591 bits per heavy atom. The van der Waals surface area contributed by atoms with Crippen LogP contribution in [0.25, 0.3) is 23.2 Å². The standard InChI is InChI=1S/C18H20N6O3.C12H14N4O3.C8H10ClN3O2.C7H10N2.C5H5NO3.C5H7NO2.C4H5NO2/c1-10-5-4-6-20-13(10)7-21-17(25)15-16(19)24-14(11(2)22-15)18-23-12(8-26-3)9-27-18;1-3-4-7-5-19-11(15-7)8-6(2)14-9(12(17)18)10(13)16-8;1-3-14-8(13)5-7(10)12-6(9)4(2)11-5;1-6-3-2-4-9-7(6)5-8;1-8-5(7)4-2-9-3-6-4;1-7-2-5-3-8-4-6-5;6-1-4-2-7-3-5-4/h4-6,9H,7-8H2,1-3H3,(H2,19,24)(H,21,25);5H,3-4H2,1-2H3,(H2,13,16)(H,17,18);3H2,1-2H3,(H2,10,12);2-4H,5,8H2,1H3;2-3H,1H3;3-4H,2H2,1H3;2-3,6H,1H2. The fraction of sp³-hybridized carbons (Fsp3) is 0.305. The topological polar surface area (TPSA) is 495 Å². The van der Waals surface area contributed by atoms with Gasteiger partial charge in [0, 0.05) is 33.2 Å². The Hall–Kier alpha value is -11.0. The number of rotatable bonds is 17. The van der Waals surface area contributed by atoms with Gasteiger partial charge in [0.25, 0.3) is 5.91 Å². The van der Waals surface area contributed by atoms with Crippen molar-refractivity contribution in [2.24, 2.45) is 5.73 Å². The minimum atomic E-state index is -1.21. The lowest BCUT2D eigenvalue weighted by Crippen LogP contribution is -2.26. The Morgan fingerprint density at radius 3 is 1.59 bits per heavy atom. The summed E-state index contributed by atoms with van der Waals surface area (Å²) in [6.07, 6.45) is 16.3. The van der Waals surface area contributed by atoms with E-state index in [-0.39, 0.29) is 71.0 Å². The number of ether oxygens (including phenoxy) is 4.